The summed E-state index contributed by atoms with van der Waals surface area (Å²) in [7, 11) is 1.79. The van der Waals surface area contributed by atoms with Crippen molar-refractivity contribution in [3.63, 3.8) is 0 Å². The molecule has 0 bridgehead atoms. The molecule has 4 amide bonds. The van der Waals surface area contributed by atoms with Crippen molar-refractivity contribution in [3.05, 3.63) is 59.7 Å². The smallest absolute Gasteiger partial charge is 0.405 e. The van der Waals surface area contributed by atoms with Crippen molar-refractivity contribution < 1.29 is 24.3 Å². The van der Waals surface area contributed by atoms with Crippen molar-refractivity contribution in [2.75, 3.05) is 6.54 Å². The molecule has 12 nitrogen and oxygen atoms in total. The van der Waals surface area contributed by atoms with Gasteiger partial charge in [0, 0.05) is 33.1 Å². The van der Waals surface area contributed by atoms with Crippen molar-refractivity contribution in [1.29, 1.82) is 0 Å². The Balaban J connectivity index is 1.48. The zero-order valence-electron chi connectivity index (χ0n) is 21.3. The third-order valence-electron chi connectivity index (χ3n) is 6.60. The maximum absolute atomic E-state index is 13.6. The summed E-state index contributed by atoms with van der Waals surface area (Å²) in [5.41, 5.74) is 3.33. The SMILES string of the molecule is CC(=O)NC1CC(C(=O)NCc2ccc3c(c2)nnn3C)N(C(=O)[C@@H](CCc2ccccc2)NC(=O)O)C1. The Labute approximate surface area is 219 Å². The van der Waals surface area contributed by atoms with Crippen LogP contribution in [0.4, 0.5) is 4.79 Å². The number of likely N-dealkylation sites (tertiary alicyclic amines) is 1. The molecule has 4 rings (SSSR count). The molecule has 1 aliphatic heterocycles. The van der Waals surface area contributed by atoms with E-state index in [9.17, 15) is 24.3 Å². The summed E-state index contributed by atoms with van der Waals surface area (Å²) in [5, 5.41) is 25.4. The third-order valence-corrected chi connectivity index (χ3v) is 6.60. The second-order valence-electron chi connectivity index (χ2n) is 9.42. The van der Waals surface area contributed by atoms with E-state index in [1.54, 1.807) is 11.7 Å². The molecular formula is C26H31N7O5. The number of carbonyl (C=O) groups is 4. The topological polar surface area (TPSA) is 159 Å². The minimum absolute atomic E-state index is 0.102. The van der Waals surface area contributed by atoms with Gasteiger partial charge >= 0.3 is 6.09 Å². The van der Waals surface area contributed by atoms with E-state index in [0.717, 1.165) is 16.6 Å². The minimum atomic E-state index is -1.32. The van der Waals surface area contributed by atoms with Crippen LogP contribution in [-0.4, -0.2) is 73.5 Å². The largest absolute Gasteiger partial charge is 0.465 e. The molecule has 2 unspecified atom stereocenters. The summed E-state index contributed by atoms with van der Waals surface area (Å²) in [5.74, 6) is -1.16. The Hall–Kier alpha value is -4.48. The van der Waals surface area contributed by atoms with Crippen LogP contribution in [0.5, 0.6) is 0 Å². The van der Waals surface area contributed by atoms with Gasteiger partial charge in [0.05, 0.1) is 5.52 Å². The first-order valence-corrected chi connectivity index (χ1v) is 12.4. The highest BCUT2D eigenvalue weighted by Crippen LogP contribution is 2.21. The van der Waals surface area contributed by atoms with Crippen molar-refractivity contribution >= 4 is 34.8 Å². The fraction of sp³-hybridized carbons (Fsp3) is 0.385. The van der Waals surface area contributed by atoms with Crippen molar-refractivity contribution in [1.82, 2.24) is 35.8 Å². The molecule has 0 spiro atoms. The summed E-state index contributed by atoms with van der Waals surface area (Å²) in [6, 6.07) is 12.6. The number of hydrogen-bond donors (Lipinski definition) is 4. The van der Waals surface area contributed by atoms with Gasteiger partial charge in [-0.15, -0.1) is 5.10 Å². The molecule has 2 heterocycles. The monoisotopic (exact) mass is 521 g/mol. The first kappa shape index (κ1) is 26.6. The van der Waals surface area contributed by atoms with E-state index in [1.807, 2.05) is 48.5 Å². The lowest BCUT2D eigenvalue weighted by Crippen LogP contribution is -2.53. The van der Waals surface area contributed by atoms with E-state index in [0.29, 0.717) is 11.9 Å². The number of carboxylic acid groups (broad SMARTS) is 1. The van der Waals surface area contributed by atoms with Crippen molar-refractivity contribution in [3.8, 4) is 0 Å². The van der Waals surface area contributed by atoms with Crippen molar-refractivity contribution in [2.45, 2.75) is 50.9 Å². The Morgan fingerprint density at radius 2 is 1.87 bits per heavy atom. The fourth-order valence-electron chi connectivity index (χ4n) is 4.79. The van der Waals surface area contributed by atoms with Gasteiger partial charge in [0.15, 0.2) is 0 Å². The Morgan fingerprint density at radius 1 is 1.11 bits per heavy atom. The molecular weight excluding hydrogens is 490 g/mol. The van der Waals surface area contributed by atoms with E-state index in [4.69, 9.17) is 0 Å². The number of fused-ring (bicyclic) bond motifs is 1. The van der Waals surface area contributed by atoms with Gasteiger partial charge in [-0.3, -0.25) is 14.4 Å². The van der Waals surface area contributed by atoms with Crippen LogP contribution in [0.15, 0.2) is 48.5 Å². The van der Waals surface area contributed by atoms with Gasteiger partial charge in [-0.25, -0.2) is 9.48 Å². The summed E-state index contributed by atoms with van der Waals surface area (Å²) >= 11 is 0. The van der Waals surface area contributed by atoms with Gasteiger partial charge in [-0.05, 0) is 42.5 Å². The molecule has 200 valence electrons. The number of carbonyl (C=O) groups excluding carboxylic acids is 3. The Kier molecular flexibility index (Phi) is 8.19. The second kappa shape index (κ2) is 11.7. The molecule has 38 heavy (non-hydrogen) atoms. The maximum Gasteiger partial charge on any atom is 0.405 e. The number of aryl methyl sites for hydroxylation is 2. The number of rotatable bonds is 9. The minimum Gasteiger partial charge on any atom is -0.465 e. The molecule has 3 atom stereocenters. The summed E-state index contributed by atoms with van der Waals surface area (Å²) in [4.78, 5) is 51.4. The standard InChI is InChI=1S/C26H31N7O5/c1-16(34)28-19-13-23(24(35)27-14-18-9-11-22-21(12-18)30-31-32(22)2)33(15-19)25(36)20(29-26(37)38)10-8-17-6-4-3-5-7-17/h3-7,9,11-12,19-20,23,29H,8,10,13-15H2,1-2H3,(H,27,35)(H,28,34)(H,37,38)/t19?,20-,23?/m1/s1. The molecule has 2 aromatic carbocycles. The number of amides is 4. The van der Waals surface area contributed by atoms with Crippen LogP contribution in [-0.2, 0) is 34.4 Å². The molecule has 12 heteroatoms. The fourth-order valence-corrected chi connectivity index (χ4v) is 4.79. The lowest BCUT2D eigenvalue weighted by Gasteiger charge is -2.28. The van der Waals surface area contributed by atoms with Crippen LogP contribution in [0.2, 0.25) is 0 Å². The lowest BCUT2D eigenvalue weighted by molar-refractivity contribution is -0.140. The van der Waals surface area contributed by atoms with Gasteiger partial charge in [0.1, 0.15) is 17.6 Å². The maximum atomic E-state index is 13.6. The molecule has 1 saturated heterocycles. The van der Waals surface area contributed by atoms with Crippen LogP contribution in [0.1, 0.15) is 30.9 Å². The lowest BCUT2D eigenvalue weighted by atomic mass is 10.0. The van der Waals surface area contributed by atoms with Gasteiger partial charge in [0.2, 0.25) is 17.7 Å². The highest BCUT2D eigenvalue weighted by molar-refractivity contribution is 5.92. The molecule has 1 aliphatic rings. The van der Waals surface area contributed by atoms with Crippen LogP contribution in [0.3, 0.4) is 0 Å². The van der Waals surface area contributed by atoms with Crippen molar-refractivity contribution in [2.24, 2.45) is 7.05 Å². The quantitative estimate of drug-likeness (QED) is 0.326. The molecule has 1 aromatic heterocycles. The highest BCUT2D eigenvalue weighted by Gasteiger charge is 2.42. The summed E-state index contributed by atoms with van der Waals surface area (Å²) in [6.07, 6.45) is -0.404. The van der Waals surface area contributed by atoms with Gasteiger partial charge in [-0.2, -0.15) is 0 Å². The molecule has 3 aromatic rings. The van der Waals surface area contributed by atoms with Gasteiger partial charge in [0.25, 0.3) is 0 Å². The Bertz CT molecular complexity index is 1330. The molecule has 1 fully saturated rings. The number of nitrogens with one attached hydrogen (secondary N) is 3. The number of benzene rings is 2. The Morgan fingerprint density at radius 3 is 2.58 bits per heavy atom. The molecule has 4 N–H and O–H groups in total. The van der Waals surface area contributed by atoms with E-state index in [-0.39, 0.29) is 37.7 Å². The van der Waals surface area contributed by atoms with Crippen LogP contribution in [0.25, 0.3) is 11.0 Å². The first-order valence-electron chi connectivity index (χ1n) is 12.4. The predicted octanol–water partition coefficient (Wildman–Crippen LogP) is 0.959. The van der Waals surface area contributed by atoms with Crippen LogP contribution < -0.4 is 16.0 Å². The third kappa shape index (κ3) is 6.44. The normalized spacial score (nSPS) is 17.7. The van der Waals surface area contributed by atoms with Crippen LogP contribution in [0, 0.1) is 0 Å². The zero-order chi connectivity index (χ0) is 27.2. The highest BCUT2D eigenvalue weighted by atomic mass is 16.4. The number of hydrogen-bond acceptors (Lipinski definition) is 6. The number of nitrogens with zero attached hydrogens (tertiary/aromatic N) is 4. The van der Waals surface area contributed by atoms with Gasteiger partial charge < -0.3 is 26.0 Å². The average molecular weight is 522 g/mol. The number of aromatic nitrogens is 3. The second-order valence-corrected chi connectivity index (χ2v) is 9.42. The molecule has 0 radical (unpaired) electrons. The summed E-state index contributed by atoms with van der Waals surface area (Å²) < 4.78 is 1.65. The van der Waals surface area contributed by atoms with E-state index in [2.05, 4.69) is 26.3 Å². The van der Waals surface area contributed by atoms with E-state index < -0.39 is 30.1 Å². The molecule has 0 saturated carbocycles. The average Bonchev–Trinajstić information content (AvgIpc) is 3.48. The first-order chi connectivity index (χ1) is 18.2. The zero-order valence-corrected chi connectivity index (χ0v) is 21.3. The van der Waals surface area contributed by atoms with E-state index >= 15 is 0 Å². The van der Waals surface area contributed by atoms with E-state index in [1.165, 1.54) is 11.8 Å². The van der Waals surface area contributed by atoms with Gasteiger partial charge in [-0.1, -0.05) is 41.6 Å². The predicted molar refractivity (Wildman–Crippen MR) is 138 cm³/mol. The molecule has 0 aliphatic carbocycles. The van der Waals surface area contributed by atoms with Crippen LogP contribution >= 0.6 is 0 Å². The summed E-state index contributed by atoms with van der Waals surface area (Å²) in [6.45, 7) is 1.68.